The van der Waals surface area contributed by atoms with E-state index in [0.29, 0.717) is 31.9 Å². The second-order valence-electron chi connectivity index (χ2n) is 7.15. The van der Waals surface area contributed by atoms with Crippen LogP contribution in [0.3, 0.4) is 0 Å². The molecule has 2 aromatic carbocycles. The fraction of sp³-hybridized carbons (Fsp3) is 0.273. The second kappa shape index (κ2) is 7.73. The fourth-order valence-corrected chi connectivity index (χ4v) is 3.52. The topological polar surface area (TPSA) is 32.3 Å². The highest BCUT2D eigenvalue weighted by atomic mass is 19.4. The van der Waals surface area contributed by atoms with Crippen molar-refractivity contribution in [2.24, 2.45) is 0 Å². The number of halogens is 3. The molecule has 0 amide bonds. The van der Waals surface area contributed by atoms with Gasteiger partial charge in [0, 0.05) is 37.4 Å². The Hall–Kier alpha value is -3.09. The Kier molecular flexibility index (Phi) is 5.13. The minimum atomic E-state index is -4.33. The molecule has 150 valence electrons. The van der Waals surface area contributed by atoms with Crippen molar-refractivity contribution in [2.75, 3.05) is 36.0 Å². The van der Waals surface area contributed by atoms with Crippen molar-refractivity contribution in [1.29, 1.82) is 0 Å². The summed E-state index contributed by atoms with van der Waals surface area (Å²) in [5.41, 5.74) is 2.96. The molecule has 29 heavy (non-hydrogen) atoms. The first-order valence-corrected chi connectivity index (χ1v) is 9.46. The predicted octanol–water partition coefficient (Wildman–Crippen LogP) is 4.80. The van der Waals surface area contributed by atoms with Crippen molar-refractivity contribution in [3.05, 3.63) is 72.1 Å². The molecule has 3 aromatic rings. The van der Waals surface area contributed by atoms with E-state index in [1.807, 2.05) is 30.0 Å². The van der Waals surface area contributed by atoms with Crippen LogP contribution in [0.15, 0.2) is 60.9 Å². The number of rotatable bonds is 3. The maximum atomic E-state index is 13.0. The molecular weight excluding hydrogens is 377 g/mol. The number of piperazine rings is 1. The van der Waals surface area contributed by atoms with Crippen LogP contribution >= 0.6 is 0 Å². The Morgan fingerprint density at radius 3 is 2.31 bits per heavy atom. The summed E-state index contributed by atoms with van der Waals surface area (Å²) in [6.45, 7) is 4.62. The van der Waals surface area contributed by atoms with Gasteiger partial charge in [-0.15, -0.1) is 0 Å². The van der Waals surface area contributed by atoms with E-state index in [1.54, 1.807) is 18.5 Å². The monoisotopic (exact) mass is 398 g/mol. The van der Waals surface area contributed by atoms with Crippen LogP contribution in [-0.2, 0) is 6.18 Å². The molecule has 4 nitrogen and oxygen atoms in total. The number of hydrogen-bond donors (Lipinski definition) is 0. The number of benzene rings is 2. The molecule has 0 N–H and O–H groups in total. The number of anilines is 2. The van der Waals surface area contributed by atoms with Gasteiger partial charge in [-0.2, -0.15) is 13.2 Å². The van der Waals surface area contributed by atoms with Crippen molar-refractivity contribution in [1.82, 2.24) is 9.97 Å². The Labute approximate surface area is 167 Å². The van der Waals surface area contributed by atoms with Gasteiger partial charge in [0.1, 0.15) is 5.82 Å². The van der Waals surface area contributed by atoms with Crippen LogP contribution in [-0.4, -0.2) is 36.1 Å². The van der Waals surface area contributed by atoms with E-state index in [0.717, 1.165) is 28.7 Å². The van der Waals surface area contributed by atoms with Crippen LogP contribution < -0.4 is 9.80 Å². The van der Waals surface area contributed by atoms with E-state index in [9.17, 15) is 13.2 Å². The third-order valence-electron chi connectivity index (χ3n) is 5.08. The lowest BCUT2D eigenvalue weighted by Crippen LogP contribution is -2.47. The molecule has 4 rings (SSSR count). The molecule has 2 heterocycles. The Bertz CT molecular complexity index is 995. The number of nitrogens with zero attached hydrogens (tertiary/aromatic N) is 4. The molecule has 7 heteroatoms. The zero-order chi connectivity index (χ0) is 20.4. The van der Waals surface area contributed by atoms with E-state index in [1.165, 1.54) is 12.1 Å². The molecule has 0 radical (unpaired) electrons. The van der Waals surface area contributed by atoms with E-state index in [2.05, 4.69) is 16.0 Å². The van der Waals surface area contributed by atoms with Crippen molar-refractivity contribution in [3.8, 4) is 11.3 Å². The van der Waals surface area contributed by atoms with Crippen LogP contribution in [0.5, 0.6) is 0 Å². The highest BCUT2D eigenvalue weighted by Crippen LogP contribution is 2.32. The summed E-state index contributed by atoms with van der Waals surface area (Å²) in [4.78, 5) is 13.2. The summed E-state index contributed by atoms with van der Waals surface area (Å²) in [6.07, 6.45) is -0.847. The van der Waals surface area contributed by atoms with E-state index in [4.69, 9.17) is 4.98 Å². The van der Waals surface area contributed by atoms with Crippen molar-refractivity contribution < 1.29 is 13.2 Å². The van der Waals surface area contributed by atoms with Gasteiger partial charge in [-0.1, -0.05) is 29.8 Å². The number of hydrogen-bond acceptors (Lipinski definition) is 4. The summed E-state index contributed by atoms with van der Waals surface area (Å²) in [5.74, 6) is 0.785. The molecule has 1 saturated heterocycles. The summed E-state index contributed by atoms with van der Waals surface area (Å²) in [6, 6.07) is 13.6. The lowest BCUT2D eigenvalue weighted by atomic mass is 10.1. The number of aryl methyl sites for hydroxylation is 1. The van der Waals surface area contributed by atoms with Gasteiger partial charge >= 0.3 is 6.18 Å². The first-order valence-electron chi connectivity index (χ1n) is 9.46. The highest BCUT2D eigenvalue weighted by Gasteiger charge is 2.31. The first kappa shape index (κ1) is 19.2. The average Bonchev–Trinajstić information content (AvgIpc) is 2.73. The Balaban J connectivity index is 1.47. The van der Waals surface area contributed by atoms with E-state index < -0.39 is 11.7 Å². The molecule has 1 aliphatic heterocycles. The van der Waals surface area contributed by atoms with Crippen molar-refractivity contribution in [2.45, 2.75) is 13.1 Å². The normalized spacial score (nSPS) is 14.9. The Morgan fingerprint density at radius 2 is 1.59 bits per heavy atom. The van der Waals surface area contributed by atoms with Gasteiger partial charge in [-0.3, -0.25) is 4.98 Å². The third-order valence-corrected chi connectivity index (χ3v) is 5.08. The molecular formula is C22H21F3N4. The quantitative estimate of drug-likeness (QED) is 0.635. The zero-order valence-corrected chi connectivity index (χ0v) is 16.0. The van der Waals surface area contributed by atoms with E-state index >= 15 is 0 Å². The molecule has 1 fully saturated rings. The summed E-state index contributed by atoms with van der Waals surface area (Å²) >= 11 is 0. The Morgan fingerprint density at radius 1 is 0.862 bits per heavy atom. The fourth-order valence-electron chi connectivity index (χ4n) is 3.52. The maximum absolute atomic E-state index is 13.0. The standard InChI is InChI=1S/C22H21F3N4/c1-16-4-2-5-17(12-16)20-14-26-15-21(27-20)29-10-8-28(9-11-29)19-7-3-6-18(13-19)22(23,24)25/h2-7,12-15H,8-11H2,1H3. The number of aromatic nitrogens is 2. The van der Waals surface area contributed by atoms with Crippen LogP contribution in [0.25, 0.3) is 11.3 Å². The summed E-state index contributed by atoms with van der Waals surface area (Å²) < 4.78 is 38.9. The van der Waals surface area contributed by atoms with Gasteiger partial charge in [0.05, 0.1) is 23.7 Å². The second-order valence-corrected chi connectivity index (χ2v) is 7.15. The van der Waals surface area contributed by atoms with Crippen molar-refractivity contribution >= 4 is 11.5 Å². The van der Waals surface area contributed by atoms with Gasteiger partial charge < -0.3 is 9.80 Å². The number of alkyl halides is 3. The smallest absolute Gasteiger partial charge is 0.368 e. The van der Waals surface area contributed by atoms with Gasteiger partial charge in [0.2, 0.25) is 0 Å². The predicted molar refractivity (Wildman–Crippen MR) is 108 cm³/mol. The lowest BCUT2D eigenvalue weighted by molar-refractivity contribution is -0.137. The van der Waals surface area contributed by atoms with Gasteiger partial charge in [0.15, 0.2) is 0 Å². The molecule has 0 unspecified atom stereocenters. The largest absolute Gasteiger partial charge is 0.416 e. The maximum Gasteiger partial charge on any atom is 0.416 e. The average molecular weight is 398 g/mol. The van der Waals surface area contributed by atoms with Gasteiger partial charge in [0.25, 0.3) is 0 Å². The minimum Gasteiger partial charge on any atom is -0.368 e. The summed E-state index contributed by atoms with van der Waals surface area (Å²) in [7, 11) is 0. The van der Waals surface area contributed by atoms with Crippen LogP contribution in [0.4, 0.5) is 24.7 Å². The third kappa shape index (κ3) is 4.34. The highest BCUT2D eigenvalue weighted by molar-refractivity contribution is 5.61. The zero-order valence-electron chi connectivity index (χ0n) is 16.0. The molecule has 0 aliphatic carbocycles. The van der Waals surface area contributed by atoms with Crippen molar-refractivity contribution in [3.63, 3.8) is 0 Å². The lowest BCUT2D eigenvalue weighted by Gasteiger charge is -2.36. The SMILES string of the molecule is Cc1cccc(-c2cncc(N3CCN(c4cccc(C(F)(F)F)c4)CC3)n2)c1. The molecule has 0 spiro atoms. The summed E-state index contributed by atoms with van der Waals surface area (Å²) in [5, 5.41) is 0. The molecule has 1 aliphatic rings. The van der Waals surface area contributed by atoms with Crippen LogP contribution in [0, 0.1) is 6.92 Å². The van der Waals surface area contributed by atoms with Gasteiger partial charge in [-0.05, 0) is 31.2 Å². The molecule has 0 atom stereocenters. The first-order chi connectivity index (χ1) is 13.9. The van der Waals surface area contributed by atoms with Gasteiger partial charge in [-0.25, -0.2) is 4.98 Å². The molecule has 1 aromatic heterocycles. The van der Waals surface area contributed by atoms with E-state index in [-0.39, 0.29) is 0 Å². The minimum absolute atomic E-state index is 0.596. The molecule has 0 saturated carbocycles. The molecule has 0 bridgehead atoms. The van der Waals surface area contributed by atoms with Crippen LogP contribution in [0.2, 0.25) is 0 Å². The van der Waals surface area contributed by atoms with Crippen LogP contribution in [0.1, 0.15) is 11.1 Å².